The van der Waals surface area contributed by atoms with Gasteiger partial charge in [0.25, 0.3) is 5.91 Å². The van der Waals surface area contributed by atoms with Crippen LogP contribution in [0.15, 0.2) is 42.7 Å². The Morgan fingerprint density at radius 2 is 1.95 bits per heavy atom. The number of amides is 1. The van der Waals surface area contributed by atoms with Gasteiger partial charge in [0.05, 0.1) is 23.0 Å². The van der Waals surface area contributed by atoms with E-state index in [9.17, 15) is 4.79 Å². The van der Waals surface area contributed by atoms with Crippen molar-refractivity contribution in [1.29, 1.82) is 0 Å². The lowest BCUT2D eigenvalue weighted by molar-refractivity contribution is 0.0903. The number of carbonyl (C=O) groups excluding carboxylic acids is 1. The van der Waals surface area contributed by atoms with Crippen LogP contribution in [-0.2, 0) is 0 Å². The maximum Gasteiger partial charge on any atom is 0.254 e. The van der Waals surface area contributed by atoms with E-state index < -0.39 is 0 Å². The molecule has 3 N–H and O–H groups in total. The van der Waals surface area contributed by atoms with Gasteiger partial charge >= 0.3 is 0 Å². The summed E-state index contributed by atoms with van der Waals surface area (Å²) in [4.78, 5) is 12.4. The van der Waals surface area contributed by atoms with Gasteiger partial charge in [-0.25, -0.2) is 4.68 Å². The number of carbonyl (C=O) groups is 1. The second-order valence-electron chi connectivity index (χ2n) is 5.65. The predicted octanol–water partition coefficient (Wildman–Crippen LogP) is 2.30. The lowest BCUT2D eigenvalue weighted by Crippen LogP contribution is -2.51. The summed E-state index contributed by atoms with van der Waals surface area (Å²) in [6, 6.07) is 9.74. The average Bonchev–Trinajstić information content (AvgIpc) is 3.18. The Morgan fingerprint density at radius 1 is 1.27 bits per heavy atom. The average molecular weight is 321 g/mol. The molecule has 2 aromatic rings. The van der Waals surface area contributed by atoms with Crippen LogP contribution in [0.4, 0.5) is 0 Å². The topological polar surface area (TPSA) is 72.9 Å². The first kappa shape index (κ1) is 16.5. The molecule has 5 nitrogen and oxygen atoms in total. The third-order valence-corrected chi connectivity index (χ3v) is 4.20. The highest BCUT2D eigenvalue weighted by molar-refractivity contribution is 5.94. The van der Waals surface area contributed by atoms with Gasteiger partial charge < -0.3 is 11.1 Å². The van der Waals surface area contributed by atoms with Gasteiger partial charge in [-0.15, -0.1) is 12.4 Å². The van der Waals surface area contributed by atoms with Gasteiger partial charge in [-0.2, -0.15) is 5.10 Å². The van der Waals surface area contributed by atoms with E-state index in [2.05, 4.69) is 10.4 Å². The summed E-state index contributed by atoms with van der Waals surface area (Å²) in [7, 11) is 0. The van der Waals surface area contributed by atoms with Crippen molar-refractivity contribution < 1.29 is 4.79 Å². The van der Waals surface area contributed by atoms with E-state index in [-0.39, 0.29) is 23.9 Å². The van der Waals surface area contributed by atoms with Gasteiger partial charge in [-0.05, 0) is 25.0 Å². The van der Waals surface area contributed by atoms with Crippen LogP contribution >= 0.6 is 12.4 Å². The molecule has 1 aromatic heterocycles. The Kier molecular flexibility index (Phi) is 5.21. The zero-order chi connectivity index (χ0) is 14.7. The van der Waals surface area contributed by atoms with Crippen molar-refractivity contribution in [3.8, 4) is 5.69 Å². The van der Waals surface area contributed by atoms with Crippen LogP contribution in [0.3, 0.4) is 0 Å². The molecule has 1 saturated carbocycles. The molecule has 22 heavy (non-hydrogen) atoms. The van der Waals surface area contributed by atoms with Crippen LogP contribution in [0.2, 0.25) is 0 Å². The minimum absolute atomic E-state index is 0. The van der Waals surface area contributed by atoms with Crippen molar-refractivity contribution >= 4 is 18.3 Å². The highest BCUT2D eigenvalue weighted by Crippen LogP contribution is 2.28. The minimum Gasteiger partial charge on any atom is -0.345 e. The van der Waals surface area contributed by atoms with Crippen LogP contribution < -0.4 is 11.1 Å². The van der Waals surface area contributed by atoms with E-state index in [1.54, 1.807) is 17.1 Å². The largest absolute Gasteiger partial charge is 0.345 e. The first-order chi connectivity index (χ1) is 10.2. The predicted molar refractivity (Wildman–Crippen MR) is 88.5 cm³/mol. The first-order valence-corrected chi connectivity index (χ1v) is 7.35. The molecule has 1 aromatic carbocycles. The molecule has 0 unspecified atom stereocenters. The van der Waals surface area contributed by atoms with Crippen molar-refractivity contribution in [3.63, 3.8) is 0 Å². The summed E-state index contributed by atoms with van der Waals surface area (Å²) in [6.45, 7) is 0.492. The standard InChI is InChI=1S/C16H20N4O.ClH/c17-12-16(8-4-5-9-16)19-15(21)13-10-18-20(11-13)14-6-2-1-3-7-14;/h1-3,6-7,10-11H,4-5,8-9,12,17H2,(H,19,21);1H. The molecule has 1 heterocycles. The maximum atomic E-state index is 12.4. The van der Waals surface area contributed by atoms with E-state index in [0.29, 0.717) is 12.1 Å². The molecule has 118 valence electrons. The fraction of sp³-hybridized carbons (Fsp3) is 0.375. The summed E-state index contributed by atoms with van der Waals surface area (Å²) in [5, 5.41) is 7.36. The molecule has 0 radical (unpaired) electrons. The Hall–Kier alpha value is -1.85. The number of nitrogens with two attached hydrogens (primary N) is 1. The number of halogens is 1. The highest BCUT2D eigenvalue weighted by atomic mass is 35.5. The number of para-hydroxylation sites is 1. The summed E-state index contributed by atoms with van der Waals surface area (Å²) in [5.74, 6) is -0.0930. The Labute approximate surface area is 136 Å². The van der Waals surface area contributed by atoms with Gasteiger partial charge in [0.2, 0.25) is 0 Å². The molecule has 0 saturated heterocycles. The van der Waals surface area contributed by atoms with E-state index in [0.717, 1.165) is 31.4 Å². The van der Waals surface area contributed by atoms with Crippen LogP contribution in [0.25, 0.3) is 5.69 Å². The molecule has 0 aliphatic heterocycles. The molecule has 1 amide bonds. The van der Waals surface area contributed by atoms with E-state index >= 15 is 0 Å². The lowest BCUT2D eigenvalue weighted by atomic mass is 9.97. The van der Waals surface area contributed by atoms with Crippen molar-refractivity contribution in [2.45, 2.75) is 31.2 Å². The van der Waals surface area contributed by atoms with Crippen LogP contribution in [0.5, 0.6) is 0 Å². The molecule has 0 atom stereocenters. The van der Waals surface area contributed by atoms with Crippen molar-refractivity contribution in [2.24, 2.45) is 5.73 Å². The number of rotatable bonds is 4. The van der Waals surface area contributed by atoms with Crippen molar-refractivity contribution in [1.82, 2.24) is 15.1 Å². The molecular formula is C16H21ClN4O. The summed E-state index contributed by atoms with van der Waals surface area (Å²) >= 11 is 0. The summed E-state index contributed by atoms with van der Waals surface area (Å²) in [5.41, 5.74) is 7.13. The molecule has 0 bridgehead atoms. The maximum absolute atomic E-state index is 12.4. The second-order valence-corrected chi connectivity index (χ2v) is 5.65. The quantitative estimate of drug-likeness (QED) is 0.908. The zero-order valence-electron chi connectivity index (χ0n) is 12.4. The van der Waals surface area contributed by atoms with Gasteiger partial charge in [0, 0.05) is 12.7 Å². The molecule has 1 aliphatic carbocycles. The first-order valence-electron chi connectivity index (χ1n) is 7.35. The van der Waals surface area contributed by atoms with Gasteiger partial charge in [-0.1, -0.05) is 31.0 Å². The fourth-order valence-electron chi connectivity index (χ4n) is 2.91. The summed E-state index contributed by atoms with van der Waals surface area (Å²) < 4.78 is 1.71. The number of hydrogen-bond acceptors (Lipinski definition) is 3. The highest BCUT2D eigenvalue weighted by Gasteiger charge is 2.34. The van der Waals surface area contributed by atoms with Crippen molar-refractivity contribution in [2.75, 3.05) is 6.54 Å². The smallest absolute Gasteiger partial charge is 0.254 e. The van der Waals surface area contributed by atoms with Crippen LogP contribution in [-0.4, -0.2) is 27.8 Å². The molecule has 3 rings (SSSR count). The van der Waals surface area contributed by atoms with Crippen molar-refractivity contribution in [3.05, 3.63) is 48.3 Å². The number of nitrogens with one attached hydrogen (secondary N) is 1. The fourth-order valence-corrected chi connectivity index (χ4v) is 2.91. The third-order valence-electron chi connectivity index (χ3n) is 4.20. The summed E-state index contributed by atoms with van der Waals surface area (Å²) in [6.07, 6.45) is 7.52. The molecule has 6 heteroatoms. The Balaban J connectivity index is 0.00000176. The Morgan fingerprint density at radius 3 is 2.59 bits per heavy atom. The number of nitrogens with zero attached hydrogens (tertiary/aromatic N) is 2. The zero-order valence-corrected chi connectivity index (χ0v) is 13.2. The van der Waals surface area contributed by atoms with E-state index in [4.69, 9.17) is 5.73 Å². The third kappa shape index (κ3) is 3.31. The number of aromatic nitrogens is 2. The second kappa shape index (κ2) is 6.94. The number of benzene rings is 1. The van der Waals surface area contributed by atoms with E-state index in [1.165, 1.54) is 0 Å². The Bertz CT molecular complexity index is 620. The van der Waals surface area contributed by atoms with Gasteiger partial charge in [-0.3, -0.25) is 4.79 Å². The molecule has 1 fully saturated rings. The monoisotopic (exact) mass is 320 g/mol. The van der Waals surface area contributed by atoms with E-state index in [1.807, 2.05) is 30.3 Å². The van der Waals surface area contributed by atoms with Gasteiger partial charge in [0.15, 0.2) is 0 Å². The number of hydrogen-bond donors (Lipinski definition) is 2. The van der Waals surface area contributed by atoms with Gasteiger partial charge in [0.1, 0.15) is 0 Å². The van der Waals surface area contributed by atoms with Crippen LogP contribution in [0.1, 0.15) is 36.0 Å². The molecule has 1 aliphatic rings. The molecule has 0 spiro atoms. The lowest BCUT2D eigenvalue weighted by Gasteiger charge is -2.28. The van der Waals surface area contributed by atoms with Crippen LogP contribution in [0, 0.1) is 0 Å². The molecular weight excluding hydrogens is 300 g/mol. The minimum atomic E-state index is -0.230. The normalized spacial score (nSPS) is 16.0. The SMILES string of the molecule is Cl.NCC1(NC(=O)c2cnn(-c3ccccc3)c2)CCCC1.